The minimum Gasteiger partial charge on any atom is -0.398 e. The Hall–Kier alpha value is -2.86. The zero-order valence-corrected chi connectivity index (χ0v) is 16.6. The van der Waals surface area contributed by atoms with Crippen LogP contribution in [0.1, 0.15) is 42.9 Å². The second kappa shape index (κ2) is 8.66. The molecular weight excluding hydrogens is 362 g/mol. The van der Waals surface area contributed by atoms with Crippen molar-refractivity contribution in [3.63, 3.8) is 0 Å². The van der Waals surface area contributed by atoms with Gasteiger partial charge in [0.25, 0.3) is 0 Å². The first-order chi connectivity index (χ1) is 14.1. The fourth-order valence-corrected chi connectivity index (χ4v) is 4.06. The molecule has 5 N–H and O–H groups in total. The second-order valence-corrected chi connectivity index (χ2v) is 8.06. The lowest BCUT2D eigenvalue weighted by Crippen LogP contribution is -2.48. The van der Waals surface area contributed by atoms with Crippen molar-refractivity contribution < 1.29 is 4.79 Å². The lowest BCUT2D eigenvalue weighted by molar-refractivity contribution is -0.127. The van der Waals surface area contributed by atoms with Gasteiger partial charge in [-0.3, -0.25) is 9.69 Å². The first-order valence-electron chi connectivity index (χ1n) is 10.4. The largest absolute Gasteiger partial charge is 0.398 e. The number of hydrogen-bond donors (Lipinski definition) is 4. The Morgan fingerprint density at radius 2 is 1.93 bits per heavy atom. The molecule has 1 heterocycles. The number of carbonyl (C=O) groups is 1. The van der Waals surface area contributed by atoms with Gasteiger partial charge in [0.05, 0.1) is 0 Å². The number of carbonyl (C=O) groups excluding carboxylic acids is 1. The number of nitrogen functional groups attached to an aromatic ring is 1. The maximum Gasteiger partial charge on any atom is 0.242 e. The Morgan fingerprint density at radius 3 is 2.66 bits per heavy atom. The molecule has 2 unspecified atom stereocenters. The fourth-order valence-electron chi connectivity index (χ4n) is 4.06. The lowest BCUT2D eigenvalue weighted by atomic mass is 9.98. The average molecular weight is 392 g/mol. The number of piperidine rings is 1. The standard InChI is InChI=1S/C23H29N5O/c24-14-17-13-19(10-11-21(17)25)26-20-7-4-12-28(15-20)22(16-5-2-1-3-6-16)23(29)27-18-8-9-18/h1-3,5-6,10-11,13-14,18,20,22,24,26H,4,7-9,12,15,25H2,(H,27,29). The SMILES string of the molecule is N=Cc1cc(NC2CCCN(C(C(=O)NC3CC3)c3ccccc3)C2)ccc1N. The minimum atomic E-state index is -0.259. The van der Waals surface area contributed by atoms with Gasteiger partial charge in [-0.25, -0.2) is 0 Å². The summed E-state index contributed by atoms with van der Waals surface area (Å²) in [4.78, 5) is 15.4. The number of nitrogens with two attached hydrogens (primary N) is 1. The van der Waals surface area contributed by atoms with E-state index < -0.39 is 0 Å². The van der Waals surface area contributed by atoms with Crippen molar-refractivity contribution in [2.45, 2.75) is 43.8 Å². The number of benzene rings is 2. The third-order valence-electron chi connectivity index (χ3n) is 5.72. The Labute approximate surface area is 172 Å². The minimum absolute atomic E-state index is 0.109. The van der Waals surface area contributed by atoms with Gasteiger partial charge in [-0.05, 0) is 56.0 Å². The molecule has 1 aliphatic heterocycles. The van der Waals surface area contributed by atoms with Crippen molar-refractivity contribution in [2.24, 2.45) is 0 Å². The van der Waals surface area contributed by atoms with E-state index in [1.807, 2.05) is 48.5 Å². The molecular formula is C23H29N5O. The van der Waals surface area contributed by atoms with Crippen LogP contribution in [0, 0.1) is 5.41 Å². The van der Waals surface area contributed by atoms with Crippen LogP contribution in [0.2, 0.25) is 0 Å². The highest BCUT2D eigenvalue weighted by Crippen LogP contribution is 2.28. The van der Waals surface area contributed by atoms with Gasteiger partial charge in [0, 0.05) is 41.8 Å². The Bertz CT molecular complexity index is 865. The number of rotatable bonds is 7. The van der Waals surface area contributed by atoms with Crippen LogP contribution in [0.25, 0.3) is 0 Å². The van der Waals surface area contributed by atoms with Crippen molar-refractivity contribution in [1.29, 1.82) is 5.41 Å². The molecule has 1 saturated heterocycles. The second-order valence-electron chi connectivity index (χ2n) is 8.06. The monoisotopic (exact) mass is 391 g/mol. The van der Waals surface area contributed by atoms with Crippen LogP contribution in [-0.4, -0.2) is 42.2 Å². The summed E-state index contributed by atoms with van der Waals surface area (Å²) in [5.74, 6) is 0.109. The van der Waals surface area contributed by atoms with Gasteiger partial charge < -0.3 is 21.8 Å². The highest BCUT2D eigenvalue weighted by atomic mass is 16.2. The highest BCUT2D eigenvalue weighted by Gasteiger charge is 2.34. The number of nitrogens with one attached hydrogen (secondary N) is 3. The van der Waals surface area contributed by atoms with E-state index in [1.54, 1.807) is 0 Å². The maximum absolute atomic E-state index is 13.1. The van der Waals surface area contributed by atoms with Gasteiger partial charge in [-0.2, -0.15) is 0 Å². The molecule has 0 aromatic heterocycles. The van der Waals surface area contributed by atoms with Crippen LogP contribution in [0.3, 0.4) is 0 Å². The summed E-state index contributed by atoms with van der Waals surface area (Å²) in [5, 5.41) is 14.3. The van der Waals surface area contributed by atoms with Crippen LogP contribution in [0.5, 0.6) is 0 Å². The number of anilines is 2. The van der Waals surface area contributed by atoms with Crippen molar-refractivity contribution in [3.8, 4) is 0 Å². The number of likely N-dealkylation sites (tertiary alicyclic amines) is 1. The zero-order chi connectivity index (χ0) is 20.2. The van der Waals surface area contributed by atoms with Gasteiger partial charge >= 0.3 is 0 Å². The number of nitrogens with zero attached hydrogens (tertiary/aromatic N) is 1. The van der Waals surface area contributed by atoms with Crippen LogP contribution in [0.15, 0.2) is 48.5 Å². The molecule has 2 aromatic rings. The van der Waals surface area contributed by atoms with Gasteiger partial charge in [-0.1, -0.05) is 30.3 Å². The predicted molar refractivity (Wildman–Crippen MR) is 117 cm³/mol. The number of hydrogen-bond acceptors (Lipinski definition) is 5. The normalized spacial score (nSPS) is 20.6. The third-order valence-corrected chi connectivity index (χ3v) is 5.72. The van der Waals surface area contributed by atoms with Crippen LogP contribution in [0.4, 0.5) is 11.4 Å². The Morgan fingerprint density at radius 1 is 1.14 bits per heavy atom. The van der Waals surface area contributed by atoms with Crippen LogP contribution < -0.4 is 16.4 Å². The van der Waals surface area contributed by atoms with E-state index in [1.165, 1.54) is 6.21 Å². The van der Waals surface area contributed by atoms with E-state index in [2.05, 4.69) is 15.5 Å². The zero-order valence-electron chi connectivity index (χ0n) is 16.6. The van der Waals surface area contributed by atoms with Gasteiger partial charge in [0.1, 0.15) is 6.04 Å². The maximum atomic E-state index is 13.1. The van der Waals surface area contributed by atoms with Gasteiger partial charge in [0.2, 0.25) is 5.91 Å². The summed E-state index contributed by atoms with van der Waals surface area (Å²) < 4.78 is 0. The van der Waals surface area contributed by atoms with Crippen molar-refractivity contribution in [3.05, 3.63) is 59.7 Å². The topological polar surface area (TPSA) is 94.2 Å². The molecule has 4 rings (SSSR count). The third kappa shape index (κ3) is 4.77. The first kappa shape index (κ1) is 19.5. The molecule has 1 aliphatic carbocycles. The molecule has 0 radical (unpaired) electrons. The van der Waals surface area contributed by atoms with Crippen LogP contribution >= 0.6 is 0 Å². The molecule has 6 heteroatoms. The quantitative estimate of drug-likeness (QED) is 0.431. The average Bonchev–Trinajstić information content (AvgIpc) is 3.55. The molecule has 1 saturated carbocycles. The molecule has 2 fully saturated rings. The van der Waals surface area contributed by atoms with E-state index in [-0.39, 0.29) is 18.0 Å². The van der Waals surface area contributed by atoms with Crippen molar-refractivity contribution >= 4 is 23.5 Å². The summed E-state index contributed by atoms with van der Waals surface area (Å²) in [6.45, 7) is 1.70. The molecule has 0 bridgehead atoms. The molecule has 152 valence electrons. The van der Waals surface area contributed by atoms with Crippen LogP contribution in [-0.2, 0) is 4.79 Å². The Kier molecular flexibility index (Phi) is 5.81. The smallest absolute Gasteiger partial charge is 0.242 e. The van der Waals surface area contributed by atoms with Crippen molar-refractivity contribution in [2.75, 3.05) is 24.1 Å². The Balaban J connectivity index is 1.50. The van der Waals surface area contributed by atoms with E-state index in [9.17, 15) is 4.79 Å². The van der Waals surface area contributed by atoms with Gasteiger partial charge in [-0.15, -0.1) is 0 Å². The van der Waals surface area contributed by atoms with Gasteiger partial charge in [0.15, 0.2) is 0 Å². The van der Waals surface area contributed by atoms with E-state index in [0.717, 1.165) is 50.0 Å². The summed E-state index contributed by atoms with van der Waals surface area (Å²) in [6, 6.07) is 16.1. The molecule has 2 aromatic carbocycles. The molecule has 2 atom stereocenters. The van der Waals surface area contributed by atoms with E-state index in [4.69, 9.17) is 11.1 Å². The molecule has 2 aliphatic rings. The lowest BCUT2D eigenvalue weighted by Gasteiger charge is -2.38. The highest BCUT2D eigenvalue weighted by molar-refractivity contribution is 5.86. The summed E-state index contributed by atoms with van der Waals surface area (Å²) in [5.41, 5.74) is 9.24. The molecule has 1 amide bonds. The fraction of sp³-hybridized carbons (Fsp3) is 0.391. The predicted octanol–water partition coefficient (Wildman–Crippen LogP) is 3.16. The molecule has 0 spiro atoms. The van der Waals surface area contributed by atoms with E-state index >= 15 is 0 Å². The molecule has 6 nitrogen and oxygen atoms in total. The first-order valence-corrected chi connectivity index (χ1v) is 10.4. The number of amides is 1. The summed E-state index contributed by atoms with van der Waals surface area (Å²) >= 11 is 0. The summed E-state index contributed by atoms with van der Waals surface area (Å²) in [7, 11) is 0. The summed E-state index contributed by atoms with van der Waals surface area (Å²) in [6.07, 6.45) is 5.53. The van der Waals surface area contributed by atoms with E-state index in [0.29, 0.717) is 17.3 Å². The van der Waals surface area contributed by atoms with Crippen molar-refractivity contribution in [1.82, 2.24) is 10.2 Å². The molecule has 29 heavy (non-hydrogen) atoms.